The van der Waals surface area contributed by atoms with Crippen LogP contribution in [0.1, 0.15) is 56.6 Å². The van der Waals surface area contributed by atoms with Crippen LogP contribution in [0.2, 0.25) is 0 Å². The highest BCUT2D eigenvalue weighted by molar-refractivity contribution is 5.97. The van der Waals surface area contributed by atoms with Crippen molar-refractivity contribution >= 4 is 17.5 Å². The highest BCUT2D eigenvalue weighted by Gasteiger charge is 2.34. The van der Waals surface area contributed by atoms with Crippen molar-refractivity contribution in [1.29, 1.82) is 0 Å². The molecule has 1 atom stereocenters. The molecule has 4 nitrogen and oxygen atoms in total. The molecular weight excluding hydrogens is 386 g/mol. The molecule has 0 spiro atoms. The number of amides is 2. The lowest BCUT2D eigenvalue weighted by Gasteiger charge is -2.36. The second-order valence-electron chi connectivity index (χ2n) is 7.79. The second kappa shape index (κ2) is 10.3. The van der Waals surface area contributed by atoms with E-state index in [0.717, 1.165) is 55.4 Å². The largest absolute Gasteiger partial charge is 0.326 e. The summed E-state index contributed by atoms with van der Waals surface area (Å²) in [4.78, 5) is 27.5. The third kappa shape index (κ3) is 5.43. The average Bonchev–Trinajstić information content (AvgIpc) is 2.74. The Morgan fingerprint density at radius 2 is 1.77 bits per heavy atom. The summed E-state index contributed by atoms with van der Waals surface area (Å²) < 4.78 is 27.2. The van der Waals surface area contributed by atoms with Gasteiger partial charge in [-0.15, -0.1) is 0 Å². The van der Waals surface area contributed by atoms with Gasteiger partial charge in [-0.2, -0.15) is 0 Å². The Kier molecular flexibility index (Phi) is 7.55. The van der Waals surface area contributed by atoms with Crippen LogP contribution in [-0.4, -0.2) is 22.8 Å². The van der Waals surface area contributed by atoms with Crippen LogP contribution in [0.4, 0.5) is 14.5 Å². The molecule has 0 aliphatic carbocycles. The fourth-order valence-corrected chi connectivity index (χ4v) is 3.85. The zero-order valence-electron chi connectivity index (χ0n) is 17.3. The molecule has 0 bridgehead atoms. The summed E-state index contributed by atoms with van der Waals surface area (Å²) >= 11 is 0. The summed E-state index contributed by atoms with van der Waals surface area (Å²) in [6, 6.07) is 10.0. The molecule has 0 unspecified atom stereocenters. The van der Waals surface area contributed by atoms with Gasteiger partial charge in [0.1, 0.15) is 17.7 Å². The molecular formula is C24H28F2N2O2. The molecule has 1 aliphatic rings. The minimum absolute atomic E-state index is 0.0688. The lowest BCUT2D eigenvalue weighted by molar-refractivity contribution is -0.140. The minimum Gasteiger partial charge on any atom is -0.326 e. The predicted molar refractivity (Wildman–Crippen MR) is 113 cm³/mol. The third-order valence-corrected chi connectivity index (χ3v) is 5.55. The van der Waals surface area contributed by atoms with E-state index in [9.17, 15) is 18.4 Å². The quantitative estimate of drug-likeness (QED) is 0.602. The molecule has 0 fully saturated rings. The van der Waals surface area contributed by atoms with Gasteiger partial charge >= 0.3 is 0 Å². The number of fused-ring (bicyclic) bond motifs is 1. The van der Waals surface area contributed by atoms with E-state index in [1.165, 1.54) is 6.07 Å². The first kappa shape index (κ1) is 21.9. The van der Waals surface area contributed by atoms with E-state index in [-0.39, 0.29) is 11.6 Å². The standard InChI is InChI=1S/C24H28F2N2O2/c1-2-3-4-5-6-11-23(29)28-16-18-10-8-7-9-17(18)14-22(28)24(30)27-21-13-12-19(25)15-20(21)26/h7-10,12-13,15,22H,2-6,11,14,16H2,1H3,(H,27,30)/t22-/m0/s1. The minimum atomic E-state index is -0.839. The maximum Gasteiger partial charge on any atom is 0.247 e. The summed E-state index contributed by atoms with van der Waals surface area (Å²) in [5.74, 6) is -2.08. The Hall–Kier alpha value is -2.76. The molecule has 0 aromatic heterocycles. The highest BCUT2D eigenvalue weighted by atomic mass is 19.1. The van der Waals surface area contributed by atoms with Crippen LogP contribution in [0.15, 0.2) is 42.5 Å². The SMILES string of the molecule is CCCCCCCC(=O)N1Cc2ccccc2C[C@H]1C(=O)Nc1ccc(F)cc1F. The molecule has 1 aliphatic heterocycles. The van der Waals surface area contributed by atoms with Crippen molar-refractivity contribution in [1.82, 2.24) is 4.90 Å². The van der Waals surface area contributed by atoms with Crippen molar-refractivity contribution in [3.05, 3.63) is 65.2 Å². The van der Waals surface area contributed by atoms with Crippen LogP contribution < -0.4 is 5.32 Å². The van der Waals surface area contributed by atoms with Crippen LogP contribution in [0.3, 0.4) is 0 Å². The van der Waals surface area contributed by atoms with Gasteiger partial charge < -0.3 is 10.2 Å². The summed E-state index contributed by atoms with van der Waals surface area (Å²) in [7, 11) is 0. The maximum atomic E-state index is 14.0. The molecule has 3 rings (SSSR count). The van der Waals surface area contributed by atoms with Crippen LogP contribution >= 0.6 is 0 Å². The first-order chi connectivity index (χ1) is 14.5. The summed E-state index contributed by atoms with van der Waals surface area (Å²) in [6.07, 6.45) is 5.92. The number of rotatable bonds is 8. The molecule has 0 radical (unpaired) electrons. The van der Waals surface area contributed by atoms with E-state index in [1.54, 1.807) is 4.90 Å². The van der Waals surface area contributed by atoms with E-state index in [0.29, 0.717) is 19.4 Å². The first-order valence-electron chi connectivity index (χ1n) is 10.6. The first-order valence-corrected chi connectivity index (χ1v) is 10.6. The number of carbonyl (C=O) groups excluding carboxylic acids is 2. The van der Waals surface area contributed by atoms with Crippen LogP contribution in [0.5, 0.6) is 0 Å². The van der Waals surface area contributed by atoms with Crippen molar-refractivity contribution in [3.8, 4) is 0 Å². The number of benzene rings is 2. The number of hydrogen-bond donors (Lipinski definition) is 1. The van der Waals surface area contributed by atoms with E-state index < -0.39 is 23.6 Å². The van der Waals surface area contributed by atoms with Gasteiger partial charge in [-0.25, -0.2) is 8.78 Å². The van der Waals surface area contributed by atoms with E-state index in [2.05, 4.69) is 12.2 Å². The zero-order chi connectivity index (χ0) is 21.5. The molecule has 1 heterocycles. The number of unbranched alkanes of at least 4 members (excludes halogenated alkanes) is 4. The van der Waals surface area contributed by atoms with Gasteiger partial charge in [-0.3, -0.25) is 9.59 Å². The van der Waals surface area contributed by atoms with Gasteiger partial charge in [0, 0.05) is 25.5 Å². The lowest BCUT2D eigenvalue weighted by Crippen LogP contribution is -2.50. The second-order valence-corrected chi connectivity index (χ2v) is 7.79. The van der Waals surface area contributed by atoms with Crippen molar-refractivity contribution < 1.29 is 18.4 Å². The molecule has 30 heavy (non-hydrogen) atoms. The number of hydrogen-bond acceptors (Lipinski definition) is 2. The van der Waals surface area contributed by atoms with Gasteiger partial charge in [-0.05, 0) is 29.7 Å². The molecule has 0 saturated carbocycles. The van der Waals surface area contributed by atoms with E-state index >= 15 is 0 Å². The molecule has 2 aromatic carbocycles. The van der Waals surface area contributed by atoms with Crippen LogP contribution in [0, 0.1) is 11.6 Å². The highest BCUT2D eigenvalue weighted by Crippen LogP contribution is 2.26. The monoisotopic (exact) mass is 414 g/mol. The predicted octanol–water partition coefficient (Wildman–Crippen LogP) is 5.22. The molecule has 1 N–H and O–H groups in total. The normalized spacial score (nSPS) is 15.6. The Bertz CT molecular complexity index is 901. The smallest absolute Gasteiger partial charge is 0.247 e. The molecule has 0 saturated heterocycles. The fourth-order valence-electron chi connectivity index (χ4n) is 3.85. The Morgan fingerprint density at radius 1 is 1.03 bits per heavy atom. The fraction of sp³-hybridized carbons (Fsp3) is 0.417. The van der Waals surface area contributed by atoms with Gasteiger partial charge in [0.25, 0.3) is 0 Å². The number of carbonyl (C=O) groups is 2. The summed E-state index contributed by atoms with van der Waals surface area (Å²) in [5.41, 5.74) is 1.94. The Morgan fingerprint density at radius 3 is 2.50 bits per heavy atom. The number of nitrogens with zero attached hydrogens (tertiary/aromatic N) is 1. The molecule has 6 heteroatoms. The lowest BCUT2D eigenvalue weighted by atomic mass is 9.93. The topological polar surface area (TPSA) is 49.4 Å². The van der Waals surface area contributed by atoms with Crippen LogP contribution in [-0.2, 0) is 22.6 Å². The van der Waals surface area contributed by atoms with Gasteiger partial charge in [-0.1, -0.05) is 56.9 Å². The van der Waals surface area contributed by atoms with Crippen molar-refractivity contribution in [2.45, 2.75) is 64.5 Å². The van der Waals surface area contributed by atoms with Gasteiger partial charge in [0.15, 0.2) is 0 Å². The maximum absolute atomic E-state index is 14.0. The Balaban J connectivity index is 1.74. The average molecular weight is 414 g/mol. The third-order valence-electron chi connectivity index (χ3n) is 5.55. The summed E-state index contributed by atoms with van der Waals surface area (Å²) in [5, 5.41) is 2.53. The number of nitrogens with one attached hydrogen (secondary N) is 1. The molecule has 2 aromatic rings. The van der Waals surface area contributed by atoms with Gasteiger partial charge in [0.05, 0.1) is 5.69 Å². The van der Waals surface area contributed by atoms with Crippen molar-refractivity contribution in [2.75, 3.05) is 5.32 Å². The van der Waals surface area contributed by atoms with Gasteiger partial charge in [0.2, 0.25) is 11.8 Å². The van der Waals surface area contributed by atoms with Crippen molar-refractivity contribution in [3.63, 3.8) is 0 Å². The zero-order valence-corrected chi connectivity index (χ0v) is 17.3. The van der Waals surface area contributed by atoms with E-state index in [1.807, 2.05) is 24.3 Å². The van der Waals surface area contributed by atoms with E-state index in [4.69, 9.17) is 0 Å². The van der Waals surface area contributed by atoms with Crippen molar-refractivity contribution in [2.24, 2.45) is 0 Å². The molecule has 160 valence electrons. The number of halogens is 2. The summed E-state index contributed by atoms with van der Waals surface area (Å²) in [6.45, 7) is 2.50. The van der Waals surface area contributed by atoms with Crippen LogP contribution in [0.25, 0.3) is 0 Å². The molecule has 2 amide bonds. The Labute approximate surface area is 176 Å². The number of anilines is 1.